The number of nitrogens with one attached hydrogen (secondary N) is 7. The molecular formula is C55H54F9N19OS. The van der Waals surface area contributed by atoms with Gasteiger partial charge >= 0.3 is 18.5 Å². The summed E-state index contributed by atoms with van der Waals surface area (Å²) in [5, 5.41) is 32.0. The summed E-state index contributed by atoms with van der Waals surface area (Å²) in [6, 6.07) is 30.6. The minimum Gasteiger partial charge on any atom is -0.366 e. The smallest absolute Gasteiger partial charge is 0.366 e. The van der Waals surface area contributed by atoms with Crippen molar-refractivity contribution in [1.29, 1.82) is 0 Å². The fraction of sp³-hybridized carbons (Fsp3) is 0.0727. The number of aromatic amines is 4. The molecule has 0 spiro atoms. The summed E-state index contributed by atoms with van der Waals surface area (Å²) in [5.41, 5.74) is 12.9. The Hall–Kier alpha value is -10.9. The van der Waals surface area contributed by atoms with Gasteiger partial charge in [0.1, 0.15) is 39.5 Å². The van der Waals surface area contributed by atoms with Gasteiger partial charge in [0.15, 0.2) is 16.9 Å². The summed E-state index contributed by atoms with van der Waals surface area (Å²) in [6.45, 7) is 0.407. The van der Waals surface area contributed by atoms with Gasteiger partial charge in [0.2, 0.25) is 0 Å². The Morgan fingerprint density at radius 2 is 0.965 bits per heavy atom. The lowest BCUT2D eigenvalue weighted by molar-refractivity contribution is -0.138. The van der Waals surface area contributed by atoms with Gasteiger partial charge < -0.3 is 32.4 Å². The lowest BCUT2D eigenvalue weighted by atomic mass is 10.1. The number of carbonyl (C=O) groups excluding carboxylic acids is 1. The number of imidazole rings is 1. The third kappa shape index (κ3) is 12.1. The molecule has 11 aromatic heterocycles. The molecule has 85 heavy (non-hydrogen) atoms. The highest BCUT2D eigenvalue weighted by Crippen LogP contribution is 2.42. The van der Waals surface area contributed by atoms with E-state index >= 15 is 0 Å². The van der Waals surface area contributed by atoms with Crippen molar-refractivity contribution < 1.29 is 55.7 Å². The second kappa shape index (κ2) is 22.8. The molecule has 11 heterocycles. The van der Waals surface area contributed by atoms with Crippen LogP contribution in [0.4, 0.5) is 73.3 Å². The molecule has 13 aromatic rings. The molecule has 20 nitrogen and oxygen atoms in total. The minimum atomic E-state index is -4.62. The van der Waals surface area contributed by atoms with Crippen molar-refractivity contribution in [2.24, 2.45) is 11.5 Å². The Morgan fingerprint density at radius 1 is 0.529 bits per heavy atom. The maximum absolute atomic E-state index is 13.6. The number of halogens is 9. The fourth-order valence-electron chi connectivity index (χ4n) is 8.69. The van der Waals surface area contributed by atoms with Crippen LogP contribution in [0.2, 0.25) is 0 Å². The van der Waals surface area contributed by atoms with Crippen LogP contribution in [0.1, 0.15) is 44.0 Å². The molecule has 1 amide bonds. The third-order valence-electron chi connectivity index (χ3n) is 12.6. The molecule has 0 fully saturated rings. The van der Waals surface area contributed by atoms with Crippen LogP contribution < -0.4 is 27.4 Å². The van der Waals surface area contributed by atoms with Crippen LogP contribution in [-0.2, 0) is 25.1 Å². The van der Waals surface area contributed by atoms with E-state index in [0.29, 0.717) is 50.4 Å². The number of pyridine rings is 6. The van der Waals surface area contributed by atoms with Crippen LogP contribution in [0.5, 0.6) is 0 Å². The molecule has 0 aliphatic heterocycles. The van der Waals surface area contributed by atoms with Gasteiger partial charge in [-0.05, 0) is 120 Å². The molecule has 0 aliphatic carbocycles. The maximum atomic E-state index is 13.6. The van der Waals surface area contributed by atoms with E-state index in [1.807, 2.05) is 12.1 Å². The van der Waals surface area contributed by atoms with E-state index in [-0.39, 0.29) is 74.2 Å². The van der Waals surface area contributed by atoms with Gasteiger partial charge in [-0.2, -0.15) is 54.8 Å². The number of alkyl halides is 9. The summed E-state index contributed by atoms with van der Waals surface area (Å²) < 4.78 is 122. The molecule has 13 rings (SSSR count). The highest BCUT2D eigenvalue weighted by molar-refractivity contribution is 7.14. The number of fused-ring (bicyclic) bond motifs is 4. The van der Waals surface area contributed by atoms with Gasteiger partial charge in [-0.1, -0.05) is 12.1 Å². The predicted octanol–water partition coefficient (Wildman–Crippen LogP) is 14.8. The summed E-state index contributed by atoms with van der Waals surface area (Å²) in [5.74, 6) is 0.00903. The largest absolute Gasteiger partial charge is 0.418 e. The second-order valence-corrected chi connectivity index (χ2v) is 19.0. The van der Waals surface area contributed by atoms with E-state index < -0.39 is 41.1 Å². The number of hydrogen-bond donors (Lipinski definition) is 9. The van der Waals surface area contributed by atoms with Crippen molar-refractivity contribution in [3.8, 4) is 34.2 Å². The molecule has 0 saturated carbocycles. The predicted molar refractivity (Wildman–Crippen MR) is 316 cm³/mol. The number of anilines is 6. The van der Waals surface area contributed by atoms with Crippen molar-refractivity contribution in [2.45, 2.75) is 25.1 Å². The highest BCUT2D eigenvalue weighted by Gasteiger charge is 2.38. The van der Waals surface area contributed by atoms with Crippen molar-refractivity contribution in [1.82, 2.24) is 70.5 Å². The molecule has 0 aliphatic rings. The quantitative estimate of drug-likeness (QED) is 0.0544. The van der Waals surface area contributed by atoms with Crippen LogP contribution in [0.25, 0.3) is 78.3 Å². The first-order valence-corrected chi connectivity index (χ1v) is 25.7. The van der Waals surface area contributed by atoms with E-state index in [4.69, 9.17) is 11.5 Å². The Labute approximate surface area is 486 Å². The first kappa shape index (κ1) is 56.0. The molecule has 0 saturated heterocycles. The summed E-state index contributed by atoms with van der Waals surface area (Å²) in [6.07, 6.45) is -7.66. The average Bonchev–Trinajstić information content (AvgIpc) is 1.83. The van der Waals surface area contributed by atoms with Crippen molar-refractivity contribution in [2.75, 3.05) is 16.0 Å². The first-order valence-electron chi connectivity index (χ1n) is 24.8. The number of benzene rings is 2. The van der Waals surface area contributed by atoms with Gasteiger partial charge in [0.25, 0.3) is 5.91 Å². The first-order chi connectivity index (χ1) is 40.8. The Bertz CT molecular complexity index is 4590. The Balaban J connectivity index is 0.000000349. The van der Waals surface area contributed by atoms with Gasteiger partial charge in [0.05, 0.1) is 56.7 Å². The highest BCUT2D eigenvalue weighted by atomic mass is 32.1. The van der Waals surface area contributed by atoms with Crippen LogP contribution in [0.15, 0.2) is 152 Å². The zero-order valence-electron chi connectivity index (χ0n) is 43.0. The fourth-order valence-corrected chi connectivity index (χ4v) is 9.49. The molecule has 444 valence electrons. The summed E-state index contributed by atoms with van der Waals surface area (Å²) in [7, 11) is 0. The van der Waals surface area contributed by atoms with Gasteiger partial charge in [0, 0.05) is 64.1 Å². The molecule has 0 bridgehead atoms. The van der Waals surface area contributed by atoms with E-state index in [2.05, 4.69) is 86.4 Å². The van der Waals surface area contributed by atoms with Crippen LogP contribution in [0.3, 0.4) is 0 Å². The van der Waals surface area contributed by atoms with Crippen molar-refractivity contribution >= 4 is 95.2 Å². The van der Waals surface area contributed by atoms with E-state index in [9.17, 15) is 44.3 Å². The number of primary amides is 1. The monoisotopic (exact) mass is 1200 g/mol. The SMILES string of the molecule is FC(F)(F)c1ccc(Nc2ccc3nc[nH]c3c2)nc1-c1[nH]nc2ncccc12.NC(=O)c1ccsc1Nc1ccc(C(F)(F)F)c(-c2[nH]nc3ncccc23)n1.NCc1ccc(Nc2ccc(C(F)(F)F)c(-c3[nH]nc4ncccc34)n2)cc1.[HH].[HH].[HH].[HH].[HH].[HH].[HH].[HH]. The van der Waals surface area contributed by atoms with Gasteiger partial charge in [-0.3, -0.25) is 20.1 Å². The summed E-state index contributed by atoms with van der Waals surface area (Å²) in [4.78, 5) is 43.3. The number of H-pyrrole nitrogens is 4. The molecule has 30 heteroatoms. The van der Waals surface area contributed by atoms with E-state index in [1.165, 1.54) is 54.2 Å². The molecule has 11 N–H and O–H groups in total. The average molecular weight is 1200 g/mol. The third-order valence-corrected chi connectivity index (χ3v) is 13.5. The topological polar surface area (TPSA) is 297 Å². The molecule has 0 unspecified atom stereocenters. The number of thiophene rings is 1. The Morgan fingerprint density at radius 3 is 1.40 bits per heavy atom. The maximum Gasteiger partial charge on any atom is 0.418 e. The van der Waals surface area contributed by atoms with E-state index in [0.717, 1.165) is 34.8 Å². The number of carbonyl (C=O) groups is 1. The van der Waals surface area contributed by atoms with Gasteiger partial charge in [-0.15, -0.1) is 11.3 Å². The number of nitrogens with zero attached hydrogens (tertiary/aromatic N) is 10. The number of hydrogen-bond acceptors (Lipinski definition) is 16. The normalized spacial score (nSPS) is 11.8. The minimum absolute atomic E-state index is 0. The lowest BCUT2D eigenvalue weighted by Gasteiger charge is -2.14. The zero-order valence-corrected chi connectivity index (χ0v) is 43.8. The summed E-state index contributed by atoms with van der Waals surface area (Å²) >= 11 is 1.18. The standard InChI is InChI=1S/C19H12F3N7.C19H15F3N6.C17H11F3N6OS.8H2/c20-19(21,22)12-4-6-15(26-10-3-5-13-14(8-10)25-9-24-13)27-17(12)16-11-2-1-7-23-18(11)29-28-16;20-19(21,22)14-7-8-15(25-12-5-3-11(10-23)4-6-12)26-17(14)16-13-2-1-9-24-18(13)28-27-16;18-17(19,20)10-3-4-11(24-16-9(14(21)27)5-7-28-16)23-13(10)12-8-2-1-6-22-15(8)26-25-12;;;;;;;;/h1-9H,(H,24,25)(H,26,27)(H,23,28,29);1-9H,10,23H2,(H,25,26)(H,24,27,28);1-7H,(H2,21,27)(H,23,24)(H,22,25,26);8*1H. The van der Waals surface area contributed by atoms with Crippen molar-refractivity contribution in [3.63, 3.8) is 0 Å². The van der Waals surface area contributed by atoms with Crippen molar-refractivity contribution in [3.05, 3.63) is 179 Å². The lowest BCUT2D eigenvalue weighted by Crippen LogP contribution is -2.12. The number of rotatable bonds is 11. The molecule has 0 atom stereocenters. The number of nitrogens with two attached hydrogens (primary N) is 2. The van der Waals surface area contributed by atoms with Gasteiger partial charge in [-0.25, -0.2) is 34.9 Å². The van der Waals surface area contributed by atoms with Crippen LogP contribution in [0, 0.1) is 0 Å². The second-order valence-electron chi connectivity index (χ2n) is 18.1. The molecular weight excluding hydrogens is 1150 g/mol. The zero-order chi connectivity index (χ0) is 59.6. The number of amides is 1. The Kier molecular flexibility index (Phi) is 15.0. The van der Waals surface area contributed by atoms with Crippen LogP contribution in [-0.4, -0.2) is 76.4 Å². The van der Waals surface area contributed by atoms with Crippen LogP contribution >= 0.6 is 11.3 Å². The molecule has 0 radical (unpaired) electrons. The van der Waals surface area contributed by atoms with E-state index in [1.54, 1.807) is 78.4 Å². The molecule has 2 aromatic carbocycles. The number of aromatic nitrogens is 14.